The van der Waals surface area contributed by atoms with Gasteiger partial charge in [-0.1, -0.05) is 197 Å². The Balaban J connectivity index is 0.000000173. The zero-order valence-corrected chi connectivity index (χ0v) is 33.9. The molecule has 286 valence electrons. The smallest absolute Gasteiger partial charge is 0.0728 e. The van der Waals surface area contributed by atoms with Gasteiger partial charge in [0.1, 0.15) is 0 Å². The fraction of sp³-hybridized carbons (Fsp3) is 0.161. The van der Waals surface area contributed by atoms with Gasteiger partial charge in [-0.25, -0.2) is 0 Å². The molecule has 0 radical (unpaired) electrons. The average Bonchev–Trinajstić information content (AvgIpc) is 3.92. The Morgan fingerprint density at radius 3 is 2.05 bits per heavy atom. The highest BCUT2D eigenvalue weighted by Gasteiger charge is 2.54. The maximum atomic E-state index is 5.50. The molecule has 0 aliphatic heterocycles. The number of allylic oxidation sites excluding steroid dienone is 6. The lowest BCUT2D eigenvalue weighted by molar-refractivity contribution is 0.696. The van der Waals surface area contributed by atoms with Crippen LogP contribution < -0.4 is 5.32 Å². The number of hydrogen-bond acceptors (Lipinski definition) is 2. The minimum atomic E-state index is -0.239. The van der Waals surface area contributed by atoms with Gasteiger partial charge in [0, 0.05) is 13.1 Å². The molecule has 11 rings (SSSR count). The first-order valence-corrected chi connectivity index (χ1v) is 20.8. The Bertz CT molecular complexity index is 2670. The quantitative estimate of drug-likeness (QED) is 0.169. The third-order valence-corrected chi connectivity index (χ3v) is 12.0. The number of nitrogens with one attached hydrogen (secondary N) is 2. The maximum Gasteiger partial charge on any atom is 0.0728 e. The highest BCUT2D eigenvalue weighted by molar-refractivity contribution is 6.13. The van der Waals surface area contributed by atoms with E-state index in [-0.39, 0.29) is 5.41 Å². The van der Waals surface area contributed by atoms with E-state index in [1.807, 2.05) is 19.9 Å². The molecule has 2 atom stereocenters. The molecule has 2 unspecified atom stereocenters. The lowest BCUT2D eigenvalue weighted by atomic mass is 9.68. The van der Waals surface area contributed by atoms with Crippen LogP contribution in [0.5, 0.6) is 0 Å². The predicted octanol–water partition coefficient (Wildman–Crippen LogP) is 13.9. The van der Waals surface area contributed by atoms with E-state index in [0.717, 1.165) is 25.9 Å². The van der Waals surface area contributed by atoms with Crippen LogP contribution in [-0.2, 0) is 24.9 Å². The standard InChI is InChI=1S/C35H26.C18H17N.C2H6.CH3N/c1-22-9-8-11-23(19-22)24-17-18-33-29(20-24)27-13-4-6-15-31(27)35(33)32-16-7-5-14-28(32)30-21-25-10-2-3-12-26(25)34(30)35;1-2-7-15(8-3-1)13-19-14-17-11-6-10-16-9-4-5-12-18(16)17;2*1-2/h2-18,20,22H,19,21H2,1H3;1-12,19H,13-14H2;1-2H3;2H,1H2. The molecule has 0 fully saturated rings. The highest BCUT2D eigenvalue weighted by Crippen LogP contribution is 2.66. The minimum Gasteiger partial charge on any atom is -0.317 e. The van der Waals surface area contributed by atoms with Gasteiger partial charge in [-0.15, -0.1) is 0 Å². The number of hydrogen-bond donors (Lipinski definition) is 2. The molecule has 2 heteroatoms. The van der Waals surface area contributed by atoms with Crippen molar-refractivity contribution >= 4 is 34.2 Å². The Labute approximate surface area is 344 Å². The van der Waals surface area contributed by atoms with Crippen LogP contribution in [0.2, 0.25) is 0 Å². The van der Waals surface area contributed by atoms with Gasteiger partial charge in [-0.2, -0.15) is 0 Å². The highest BCUT2D eigenvalue weighted by atomic mass is 14.8. The summed E-state index contributed by atoms with van der Waals surface area (Å²) in [4.78, 5) is 0. The predicted molar refractivity (Wildman–Crippen MR) is 248 cm³/mol. The second-order valence-corrected chi connectivity index (χ2v) is 15.3. The first-order chi connectivity index (χ1) is 28.7. The Kier molecular flexibility index (Phi) is 11.3. The van der Waals surface area contributed by atoms with Gasteiger partial charge in [0.2, 0.25) is 0 Å². The van der Waals surface area contributed by atoms with Gasteiger partial charge in [-0.05, 0) is 120 Å². The molecule has 7 aromatic rings. The number of fused-ring (bicyclic) bond motifs is 12. The van der Waals surface area contributed by atoms with Crippen LogP contribution in [0.15, 0.2) is 182 Å². The summed E-state index contributed by atoms with van der Waals surface area (Å²) in [7, 11) is 0. The molecule has 0 amide bonds. The molecule has 4 aliphatic rings. The molecule has 1 spiro atoms. The van der Waals surface area contributed by atoms with Crippen LogP contribution in [0.1, 0.15) is 77.3 Å². The van der Waals surface area contributed by atoms with Crippen LogP contribution in [0, 0.1) is 11.3 Å². The van der Waals surface area contributed by atoms with Crippen molar-refractivity contribution in [2.45, 2.75) is 52.1 Å². The summed E-state index contributed by atoms with van der Waals surface area (Å²) < 4.78 is 0. The van der Waals surface area contributed by atoms with E-state index in [9.17, 15) is 0 Å². The normalized spacial score (nSPS) is 17.3. The number of rotatable bonds is 5. The van der Waals surface area contributed by atoms with Gasteiger partial charge in [-0.3, -0.25) is 0 Å². The van der Waals surface area contributed by atoms with Gasteiger partial charge >= 0.3 is 0 Å². The van der Waals surface area contributed by atoms with E-state index in [2.05, 4.69) is 195 Å². The molecule has 7 aromatic carbocycles. The van der Waals surface area contributed by atoms with Crippen LogP contribution in [-0.4, -0.2) is 6.72 Å². The van der Waals surface area contributed by atoms with Crippen molar-refractivity contribution in [3.05, 3.63) is 232 Å². The third-order valence-electron chi connectivity index (χ3n) is 12.0. The molecular weight excluding hydrogens is 701 g/mol. The molecule has 0 aromatic heterocycles. The molecule has 58 heavy (non-hydrogen) atoms. The van der Waals surface area contributed by atoms with Gasteiger partial charge in [0.25, 0.3) is 0 Å². The van der Waals surface area contributed by atoms with E-state index in [4.69, 9.17) is 5.41 Å². The summed E-state index contributed by atoms with van der Waals surface area (Å²) >= 11 is 0. The maximum absolute atomic E-state index is 5.50. The van der Waals surface area contributed by atoms with E-state index in [1.165, 1.54) is 88.7 Å². The van der Waals surface area contributed by atoms with Crippen molar-refractivity contribution in [3.63, 3.8) is 0 Å². The van der Waals surface area contributed by atoms with E-state index in [1.54, 1.807) is 0 Å². The molecule has 0 heterocycles. The molecule has 0 saturated heterocycles. The first-order valence-electron chi connectivity index (χ1n) is 20.8. The zero-order chi connectivity index (χ0) is 40.1. The molecule has 4 aliphatic carbocycles. The van der Waals surface area contributed by atoms with Gasteiger partial charge in [0.15, 0.2) is 0 Å². The van der Waals surface area contributed by atoms with Crippen molar-refractivity contribution in [2.24, 2.45) is 5.92 Å². The zero-order valence-electron chi connectivity index (χ0n) is 33.9. The summed E-state index contributed by atoms with van der Waals surface area (Å²) in [6.45, 7) is 10.6. The van der Waals surface area contributed by atoms with Crippen LogP contribution in [0.3, 0.4) is 0 Å². The Morgan fingerprint density at radius 2 is 1.26 bits per heavy atom. The van der Waals surface area contributed by atoms with E-state index >= 15 is 0 Å². The van der Waals surface area contributed by atoms with Crippen LogP contribution in [0.25, 0.3) is 38.6 Å². The van der Waals surface area contributed by atoms with Crippen LogP contribution in [0.4, 0.5) is 0 Å². The van der Waals surface area contributed by atoms with Gasteiger partial charge in [0.05, 0.1) is 5.41 Å². The second kappa shape index (κ2) is 17.0. The van der Waals surface area contributed by atoms with E-state index < -0.39 is 0 Å². The molecule has 2 nitrogen and oxygen atoms in total. The third kappa shape index (κ3) is 6.68. The van der Waals surface area contributed by atoms with Crippen molar-refractivity contribution in [1.82, 2.24) is 5.32 Å². The lowest BCUT2D eigenvalue weighted by Crippen LogP contribution is -2.26. The molecular formula is C56H52N2. The summed E-state index contributed by atoms with van der Waals surface area (Å²) in [5, 5.41) is 11.7. The SMILES string of the molecule is C=N.CC.CC1C=CC=C(c2ccc3c(c2)-c2ccccc2C32C3=C(Cc4ccccc43)c3ccccc32)C1.c1ccc(CNCc2cccc3ccccc23)cc1. The molecule has 2 N–H and O–H groups in total. The Morgan fingerprint density at radius 1 is 0.621 bits per heavy atom. The second-order valence-electron chi connectivity index (χ2n) is 15.3. The van der Waals surface area contributed by atoms with Crippen molar-refractivity contribution in [3.8, 4) is 11.1 Å². The minimum absolute atomic E-state index is 0.239. The summed E-state index contributed by atoms with van der Waals surface area (Å²) in [6, 6.07) is 60.2. The molecule has 0 bridgehead atoms. The van der Waals surface area contributed by atoms with Gasteiger partial charge < -0.3 is 10.7 Å². The fourth-order valence-electron chi connectivity index (χ4n) is 9.71. The lowest BCUT2D eigenvalue weighted by Gasteiger charge is -2.33. The summed E-state index contributed by atoms with van der Waals surface area (Å²) in [5.74, 6) is 0.589. The monoisotopic (exact) mass is 752 g/mol. The first kappa shape index (κ1) is 38.5. The fourth-order valence-corrected chi connectivity index (χ4v) is 9.71. The summed E-state index contributed by atoms with van der Waals surface area (Å²) in [5.41, 5.74) is 19.7. The largest absolute Gasteiger partial charge is 0.317 e. The van der Waals surface area contributed by atoms with E-state index in [0.29, 0.717) is 5.92 Å². The average molecular weight is 753 g/mol. The van der Waals surface area contributed by atoms with Crippen molar-refractivity contribution in [1.29, 1.82) is 5.41 Å². The van der Waals surface area contributed by atoms with Crippen molar-refractivity contribution < 1.29 is 0 Å². The summed E-state index contributed by atoms with van der Waals surface area (Å²) in [6.07, 6.45) is 8.97. The number of benzene rings is 7. The molecule has 0 saturated carbocycles. The van der Waals surface area contributed by atoms with Crippen LogP contribution >= 0.6 is 0 Å². The Hall–Kier alpha value is -6.35. The van der Waals surface area contributed by atoms with Crippen molar-refractivity contribution in [2.75, 3.05) is 0 Å². The topological polar surface area (TPSA) is 35.9 Å².